The van der Waals surface area contributed by atoms with Gasteiger partial charge >= 0.3 is 0 Å². The van der Waals surface area contributed by atoms with Crippen LogP contribution in [0.5, 0.6) is 0 Å². The molecule has 4 heteroatoms. The number of para-hydroxylation sites is 2. The van der Waals surface area contributed by atoms with Crippen molar-refractivity contribution in [2.75, 3.05) is 0 Å². The predicted molar refractivity (Wildman–Crippen MR) is 219 cm³/mol. The van der Waals surface area contributed by atoms with Gasteiger partial charge in [-0.2, -0.15) is 0 Å². The van der Waals surface area contributed by atoms with Crippen LogP contribution in [0, 0.1) is 0 Å². The highest BCUT2D eigenvalue weighted by molar-refractivity contribution is 6.09. The molecule has 0 aliphatic heterocycles. The van der Waals surface area contributed by atoms with E-state index in [9.17, 15) is 0 Å². The topological polar surface area (TPSA) is 35.6 Å². The number of allylic oxidation sites excluding steroid dienone is 4. The Morgan fingerprint density at radius 2 is 0.981 bits per heavy atom. The van der Waals surface area contributed by atoms with Crippen molar-refractivity contribution in [1.82, 2.24) is 19.1 Å². The van der Waals surface area contributed by atoms with Crippen LogP contribution in [0.3, 0.4) is 0 Å². The summed E-state index contributed by atoms with van der Waals surface area (Å²) in [5.41, 5.74) is 13.8. The minimum Gasteiger partial charge on any atom is -0.309 e. The molecule has 0 saturated carbocycles. The zero-order valence-corrected chi connectivity index (χ0v) is 29.7. The van der Waals surface area contributed by atoms with Gasteiger partial charge in [0.25, 0.3) is 0 Å². The quantitative estimate of drug-likeness (QED) is 0.168. The summed E-state index contributed by atoms with van der Waals surface area (Å²) in [5, 5.41) is 4.82. The predicted octanol–water partition coefficient (Wildman–Crippen LogP) is 11.6. The Kier molecular flexibility index (Phi) is 7.43. The summed E-state index contributed by atoms with van der Waals surface area (Å²) >= 11 is 0. The van der Waals surface area contributed by atoms with Crippen molar-refractivity contribution < 1.29 is 0 Å². The number of nitrogens with zero attached hydrogens (tertiary/aromatic N) is 4. The molecule has 53 heavy (non-hydrogen) atoms. The lowest BCUT2D eigenvalue weighted by Gasteiger charge is -2.29. The number of fused-ring (bicyclic) bond motifs is 6. The number of hydrogen-bond acceptors (Lipinski definition) is 2. The van der Waals surface area contributed by atoms with Crippen molar-refractivity contribution in [3.05, 3.63) is 204 Å². The van der Waals surface area contributed by atoms with Gasteiger partial charge in [-0.1, -0.05) is 110 Å². The number of hydrogen-bond donors (Lipinski definition) is 0. The summed E-state index contributed by atoms with van der Waals surface area (Å²) < 4.78 is 4.68. The summed E-state index contributed by atoms with van der Waals surface area (Å²) in [5.74, 6) is 0. The van der Waals surface area contributed by atoms with Crippen LogP contribution in [0.1, 0.15) is 35.6 Å². The first-order valence-electron chi connectivity index (χ1n) is 18.4. The highest BCUT2D eigenvalue weighted by Gasteiger charge is 2.25. The Hall–Kier alpha value is -6.52. The van der Waals surface area contributed by atoms with Crippen LogP contribution < -0.4 is 0 Å². The van der Waals surface area contributed by atoms with Crippen molar-refractivity contribution in [1.29, 1.82) is 0 Å². The number of aromatic nitrogens is 4. The first-order valence-corrected chi connectivity index (χ1v) is 18.4. The van der Waals surface area contributed by atoms with E-state index >= 15 is 0 Å². The van der Waals surface area contributed by atoms with E-state index < -0.39 is 0 Å². The molecule has 4 nitrogen and oxygen atoms in total. The lowest BCUT2D eigenvalue weighted by atomic mass is 9.75. The van der Waals surface area contributed by atoms with Crippen molar-refractivity contribution in [2.24, 2.45) is 0 Å². The van der Waals surface area contributed by atoms with Crippen LogP contribution in [0.4, 0.5) is 0 Å². The maximum Gasteiger partial charge on any atom is 0.0571 e. The fourth-order valence-electron chi connectivity index (χ4n) is 8.30. The molecule has 0 N–H and O–H groups in total. The van der Waals surface area contributed by atoms with Gasteiger partial charge in [-0.15, -0.1) is 0 Å². The third kappa shape index (κ3) is 5.46. The molecule has 5 aromatic carbocycles. The van der Waals surface area contributed by atoms with Gasteiger partial charge in [-0.05, 0) is 95.6 Å². The van der Waals surface area contributed by atoms with E-state index in [-0.39, 0.29) is 5.41 Å². The third-order valence-corrected chi connectivity index (χ3v) is 11.2. The molecule has 1 unspecified atom stereocenters. The zero-order chi connectivity index (χ0) is 35.4. The molecule has 254 valence electrons. The summed E-state index contributed by atoms with van der Waals surface area (Å²) in [6.07, 6.45) is 17.7. The molecule has 9 aromatic rings. The standard InChI is InChI=1S/C49H38N4/c1-49(26-22-37(23-27-49)31-36-14-20-40(21-15-36)53-46-9-5-3-7-42(46)44-33-51-29-25-48(44)53)38-16-10-34(11-17-38)30-35-12-18-39(19-13-35)52-45-8-4-2-6-41(45)43-32-50-28-24-47(43)52/h2-26,28-29,32-33H,27,30-31H2,1H3. The second kappa shape index (κ2) is 12.6. The first kappa shape index (κ1) is 31.2. The van der Waals surface area contributed by atoms with E-state index in [1.165, 1.54) is 82.8 Å². The first-order chi connectivity index (χ1) is 26.1. The second-order valence-corrected chi connectivity index (χ2v) is 14.6. The number of rotatable bonds is 7. The largest absolute Gasteiger partial charge is 0.309 e. The molecule has 0 spiro atoms. The van der Waals surface area contributed by atoms with Gasteiger partial charge < -0.3 is 9.13 Å². The molecular formula is C49H38N4. The second-order valence-electron chi connectivity index (χ2n) is 14.6. The molecule has 1 atom stereocenters. The molecule has 0 saturated heterocycles. The summed E-state index contributed by atoms with van der Waals surface area (Å²) in [6.45, 7) is 2.35. The smallest absolute Gasteiger partial charge is 0.0571 e. The van der Waals surface area contributed by atoms with Crippen molar-refractivity contribution >= 4 is 43.6 Å². The Morgan fingerprint density at radius 1 is 0.509 bits per heavy atom. The lowest BCUT2D eigenvalue weighted by Crippen LogP contribution is -2.20. The molecular weight excluding hydrogens is 645 g/mol. The molecule has 4 heterocycles. The van der Waals surface area contributed by atoms with Gasteiger partial charge in [0.2, 0.25) is 0 Å². The minimum absolute atomic E-state index is 0.0171. The maximum atomic E-state index is 4.39. The number of pyridine rings is 2. The molecule has 4 aromatic heterocycles. The average Bonchev–Trinajstić information content (AvgIpc) is 3.73. The van der Waals surface area contributed by atoms with Gasteiger partial charge in [-0.3, -0.25) is 9.97 Å². The Balaban J connectivity index is 0.813. The molecule has 0 bridgehead atoms. The van der Waals surface area contributed by atoms with E-state index in [0.717, 1.165) is 19.3 Å². The van der Waals surface area contributed by atoms with Crippen LogP contribution in [-0.4, -0.2) is 19.1 Å². The van der Waals surface area contributed by atoms with Crippen molar-refractivity contribution in [3.63, 3.8) is 0 Å². The maximum absolute atomic E-state index is 4.39. The van der Waals surface area contributed by atoms with E-state index in [4.69, 9.17) is 0 Å². The van der Waals surface area contributed by atoms with Crippen LogP contribution >= 0.6 is 0 Å². The summed E-state index contributed by atoms with van der Waals surface area (Å²) in [6, 6.07) is 48.7. The van der Waals surface area contributed by atoms with E-state index in [2.05, 4.69) is 178 Å². The Bertz CT molecular complexity index is 2750. The van der Waals surface area contributed by atoms with Crippen molar-refractivity contribution in [2.45, 2.75) is 31.6 Å². The average molecular weight is 683 g/mol. The van der Waals surface area contributed by atoms with E-state index in [1.807, 2.05) is 24.8 Å². The molecule has 10 rings (SSSR count). The van der Waals surface area contributed by atoms with Gasteiger partial charge in [0.1, 0.15) is 0 Å². The van der Waals surface area contributed by atoms with Crippen molar-refractivity contribution in [3.8, 4) is 11.4 Å². The molecule has 0 fully saturated rings. The number of benzene rings is 5. The molecule has 1 aliphatic rings. The van der Waals surface area contributed by atoms with Gasteiger partial charge in [0, 0.05) is 63.1 Å². The van der Waals surface area contributed by atoms with Crippen LogP contribution in [0.2, 0.25) is 0 Å². The van der Waals surface area contributed by atoms with Crippen LogP contribution in [0.15, 0.2) is 182 Å². The SMILES string of the molecule is CC1(c2ccc(Cc3ccc(-n4c5ccccc5c5cnccc54)cc3)cc2)C=CC(Cc2ccc(-n3c4ccccc4c4cnccc43)cc2)=CC1. The van der Waals surface area contributed by atoms with Crippen LogP contribution in [-0.2, 0) is 18.3 Å². The Labute approximate surface area is 309 Å². The molecule has 0 radical (unpaired) electrons. The van der Waals surface area contributed by atoms with Gasteiger partial charge in [0.15, 0.2) is 0 Å². The zero-order valence-electron chi connectivity index (χ0n) is 29.7. The highest BCUT2D eigenvalue weighted by atomic mass is 15.0. The fourth-order valence-corrected chi connectivity index (χ4v) is 8.30. The van der Waals surface area contributed by atoms with E-state index in [1.54, 1.807) is 0 Å². The lowest BCUT2D eigenvalue weighted by molar-refractivity contribution is 0.595. The van der Waals surface area contributed by atoms with E-state index in [0.29, 0.717) is 0 Å². The normalized spacial score (nSPS) is 15.8. The van der Waals surface area contributed by atoms with Crippen LogP contribution in [0.25, 0.3) is 55.0 Å². The van der Waals surface area contributed by atoms with Gasteiger partial charge in [-0.25, -0.2) is 0 Å². The third-order valence-electron chi connectivity index (χ3n) is 11.2. The fraction of sp³-hybridized carbons (Fsp3) is 0.102. The molecule has 1 aliphatic carbocycles. The Morgan fingerprint density at radius 3 is 1.49 bits per heavy atom. The highest BCUT2D eigenvalue weighted by Crippen LogP contribution is 2.36. The van der Waals surface area contributed by atoms with Gasteiger partial charge in [0.05, 0.1) is 22.1 Å². The molecule has 0 amide bonds. The summed E-state index contributed by atoms with van der Waals surface area (Å²) in [4.78, 5) is 8.78. The monoisotopic (exact) mass is 682 g/mol. The minimum atomic E-state index is -0.0171. The summed E-state index contributed by atoms with van der Waals surface area (Å²) in [7, 11) is 0.